The van der Waals surface area contributed by atoms with E-state index in [4.69, 9.17) is 1.37 Å². The minimum Gasteiger partial charge on any atom is -0.198 e. The first-order valence-corrected chi connectivity index (χ1v) is 10.2. The van der Waals surface area contributed by atoms with Gasteiger partial charge in [0.15, 0.2) is 5.69 Å². The Morgan fingerprint density at radius 3 is 2.30 bits per heavy atom. The minimum absolute atomic E-state index is 0.0696. The molecule has 2 aromatic carbocycles. The lowest BCUT2D eigenvalue weighted by atomic mass is 9.85. The van der Waals surface area contributed by atoms with Gasteiger partial charge < -0.3 is 0 Å². The van der Waals surface area contributed by atoms with Crippen molar-refractivity contribution in [3.05, 3.63) is 64.3 Å². The number of hydrogen-bond donors (Lipinski definition) is 0. The van der Waals surface area contributed by atoms with Gasteiger partial charge in [-0.15, -0.1) is 0 Å². The first-order chi connectivity index (χ1) is 13.1. The Balaban J connectivity index is 2.46. The number of benzene rings is 2. The number of nitrogens with zero attached hydrogens (tertiary/aromatic N) is 1. The zero-order chi connectivity index (χ0) is 20.8. The Kier molecular flexibility index (Phi) is 4.80. The average Bonchev–Trinajstić information content (AvgIpc) is 2.66. The number of hydrogen-bond acceptors (Lipinski definition) is 0. The summed E-state index contributed by atoms with van der Waals surface area (Å²) in [6, 6.07) is 12.0. The van der Waals surface area contributed by atoms with E-state index >= 15 is 0 Å². The highest BCUT2D eigenvalue weighted by Crippen LogP contribution is 2.34. The predicted molar refractivity (Wildman–Crippen MR) is 117 cm³/mol. The van der Waals surface area contributed by atoms with E-state index in [2.05, 4.69) is 90.4 Å². The average molecular weight is 362 g/mol. The second-order valence-electron chi connectivity index (χ2n) is 8.76. The van der Waals surface area contributed by atoms with E-state index in [1.165, 1.54) is 38.9 Å². The third-order valence-electron chi connectivity index (χ3n) is 5.91. The second kappa shape index (κ2) is 7.11. The van der Waals surface area contributed by atoms with Crippen LogP contribution in [0.3, 0.4) is 0 Å². The van der Waals surface area contributed by atoms with Crippen LogP contribution in [0, 0.1) is 13.8 Å². The maximum absolute atomic E-state index is 8.78. The highest BCUT2D eigenvalue weighted by atomic mass is 14.9. The van der Waals surface area contributed by atoms with Gasteiger partial charge in [0, 0.05) is 13.0 Å². The zero-order valence-electron chi connectivity index (χ0n) is 19.2. The third-order valence-corrected chi connectivity index (χ3v) is 5.91. The third kappa shape index (κ3) is 3.52. The maximum Gasteiger partial charge on any atom is 0.220 e. The molecule has 0 amide bonds. The van der Waals surface area contributed by atoms with Crippen LogP contribution in [-0.4, -0.2) is 0 Å². The maximum atomic E-state index is 8.78. The van der Waals surface area contributed by atoms with Crippen molar-refractivity contribution < 1.29 is 5.94 Å². The van der Waals surface area contributed by atoms with Crippen molar-refractivity contribution in [3.8, 4) is 11.3 Å². The van der Waals surface area contributed by atoms with Crippen molar-refractivity contribution >= 4 is 10.8 Å². The molecular formula is C26H34N+. The molecule has 0 radical (unpaired) electrons. The molecule has 0 aliphatic carbocycles. The van der Waals surface area contributed by atoms with Gasteiger partial charge in [-0.2, -0.15) is 4.57 Å². The van der Waals surface area contributed by atoms with Gasteiger partial charge in [-0.1, -0.05) is 52.8 Å². The fraction of sp³-hybridized carbons (Fsp3) is 0.423. The molecule has 1 aromatic heterocycles. The summed E-state index contributed by atoms with van der Waals surface area (Å²) in [7, 11) is 2.10. The fourth-order valence-electron chi connectivity index (χ4n) is 3.93. The number of aromatic nitrogens is 1. The molecule has 1 heteroatoms. The van der Waals surface area contributed by atoms with Crippen LogP contribution in [0.4, 0.5) is 0 Å². The largest absolute Gasteiger partial charge is 0.220 e. The van der Waals surface area contributed by atoms with E-state index in [9.17, 15) is 0 Å². The van der Waals surface area contributed by atoms with Gasteiger partial charge >= 0.3 is 0 Å². The highest BCUT2D eigenvalue weighted by molar-refractivity contribution is 5.94. The van der Waals surface area contributed by atoms with Gasteiger partial charge in [0.05, 0.1) is 12.3 Å². The quantitative estimate of drug-likeness (QED) is 0.477. The van der Waals surface area contributed by atoms with Gasteiger partial charge in [0.25, 0.3) is 0 Å². The molecule has 3 rings (SSSR count). The van der Waals surface area contributed by atoms with Gasteiger partial charge in [-0.25, -0.2) is 0 Å². The molecule has 0 N–H and O–H groups in total. The Bertz CT molecular complexity index is 1050. The van der Waals surface area contributed by atoms with Crippen LogP contribution in [0.5, 0.6) is 0 Å². The van der Waals surface area contributed by atoms with Crippen molar-refractivity contribution in [2.24, 2.45) is 7.05 Å². The van der Waals surface area contributed by atoms with Gasteiger partial charge in [0.2, 0.25) is 5.69 Å². The molecule has 142 valence electrons. The van der Waals surface area contributed by atoms with Crippen LogP contribution < -0.4 is 4.57 Å². The highest BCUT2D eigenvalue weighted by Gasteiger charge is 2.23. The molecule has 1 nitrogen and oxygen atoms in total. The Morgan fingerprint density at radius 1 is 1.00 bits per heavy atom. The van der Waals surface area contributed by atoms with Gasteiger partial charge in [-0.3, -0.25) is 0 Å². The van der Waals surface area contributed by atoms with Crippen molar-refractivity contribution in [1.82, 2.24) is 0 Å². The lowest BCUT2D eigenvalue weighted by molar-refractivity contribution is -0.665. The first kappa shape index (κ1) is 18.2. The normalized spacial score (nSPS) is 12.5. The first-order valence-electron chi connectivity index (χ1n) is 10.7. The molecule has 0 spiro atoms. The summed E-state index contributed by atoms with van der Waals surface area (Å²) in [6.07, 6.45) is 2.07. The summed E-state index contributed by atoms with van der Waals surface area (Å²) in [5.41, 5.74) is 9.04. The van der Waals surface area contributed by atoms with Crippen molar-refractivity contribution in [1.29, 1.82) is 0 Å². The number of pyridine rings is 1. The molecule has 27 heavy (non-hydrogen) atoms. The summed E-state index contributed by atoms with van der Waals surface area (Å²) in [5.74, 6) is 0. The second-order valence-corrected chi connectivity index (χ2v) is 8.76. The molecule has 0 saturated heterocycles. The topological polar surface area (TPSA) is 3.88 Å². The fourth-order valence-corrected chi connectivity index (χ4v) is 3.93. The molecule has 0 bridgehead atoms. The molecule has 0 saturated carbocycles. The van der Waals surface area contributed by atoms with E-state index < -0.39 is 0 Å². The number of fused-ring (bicyclic) bond motifs is 1. The van der Waals surface area contributed by atoms with Crippen LogP contribution in [0.2, 0.25) is 0 Å². The number of aryl methyl sites for hydroxylation is 2. The molecule has 1 heterocycles. The smallest absolute Gasteiger partial charge is 0.198 e. The zero-order valence-corrected chi connectivity index (χ0v) is 18.2. The molecule has 0 unspecified atom stereocenters. The Labute approximate surface area is 166 Å². The molecular weight excluding hydrogens is 326 g/mol. The van der Waals surface area contributed by atoms with E-state index in [0.717, 1.165) is 23.9 Å². The van der Waals surface area contributed by atoms with E-state index in [0.29, 0.717) is 6.04 Å². The lowest BCUT2D eigenvalue weighted by Crippen LogP contribution is -2.35. The number of rotatable bonds is 3. The van der Waals surface area contributed by atoms with Gasteiger partial charge in [-0.05, 0) is 65.0 Å². The molecule has 3 aromatic rings. The standard InChI is InChI=1S/C26H34N/c1-9-19-14-20(10-2)18(4)24(15-19)25-23-12-11-22(26(5,6)7)16-21(23)13-17(3)27(25)8/h11-16H,9-10H2,1-8H3/q+1/i13D. The van der Waals surface area contributed by atoms with Crippen LogP contribution in [0.1, 0.15) is 63.9 Å². The SMILES string of the molecule is [2H]c1c(C)[n+](C)c(-c2cc(CC)cc(CC)c2C)c2ccc(C(C)(C)C)cc12. The van der Waals surface area contributed by atoms with Crippen molar-refractivity contribution in [2.75, 3.05) is 0 Å². The van der Waals surface area contributed by atoms with Crippen molar-refractivity contribution in [3.63, 3.8) is 0 Å². The van der Waals surface area contributed by atoms with Crippen LogP contribution >= 0.6 is 0 Å². The lowest BCUT2D eigenvalue weighted by Gasteiger charge is -2.20. The van der Waals surface area contributed by atoms with E-state index in [1.807, 2.05) is 0 Å². The summed E-state index contributed by atoms with van der Waals surface area (Å²) < 4.78 is 11.0. The Morgan fingerprint density at radius 2 is 1.70 bits per heavy atom. The molecule has 0 aliphatic heterocycles. The summed E-state index contributed by atoms with van der Waals surface area (Å²) >= 11 is 0. The summed E-state index contributed by atoms with van der Waals surface area (Å²) in [5, 5.41) is 2.22. The molecule has 0 atom stereocenters. The monoisotopic (exact) mass is 361 g/mol. The molecule has 0 fully saturated rings. The minimum atomic E-state index is 0.0696. The van der Waals surface area contributed by atoms with E-state index in [1.54, 1.807) is 0 Å². The van der Waals surface area contributed by atoms with E-state index in [-0.39, 0.29) is 5.41 Å². The summed E-state index contributed by atoms with van der Waals surface area (Å²) in [6.45, 7) is 15.5. The van der Waals surface area contributed by atoms with Crippen molar-refractivity contribution in [2.45, 2.75) is 66.7 Å². The summed E-state index contributed by atoms with van der Waals surface area (Å²) in [4.78, 5) is 0. The molecule has 0 aliphatic rings. The van der Waals surface area contributed by atoms with Crippen LogP contribution in [0.25, 0.3) is 22.0 Å². The van der Waals surface area contributed by atoms with Gasteiger partial charge in [0.1, 0.15) is 7.05 Å². The Hall–Kier alpha value is -2.15. The predicted octanol–water partition coefficient (Wildman–Crippen LogP) is 6.37. The van der Waals surface area contributed by atoms with Crippen LogP contribution in [-0.2, 0) is 25.3 Å². The van der Waals surface area contributed by atoms with Crippen LogP contribution in [0.15, 0.2) is 36.4 Å².